The maximum Gasteiger partial charge on any atom is 0.224 e. The highest BCUT2D eigenvalue weighted by molar-refractivity contribution is 5.90. The summed E-state index contributed by atoms with van der Waals surface area (Å²) in [6, 6.07) is 14.0. The van der Waals surface area contributed by atoms with Gasteiger partial charge in [0, 0.05) is 23.6 Å². The first-order valence-electron chi connectivity index (χ1n) is 9.21. The fourth-order valence-corrected chi connectivity index (χ4v) is 3.18. The largest absolute Gasteiger partial charge is 0.481 e. The Hall–Kier alpha value is -3.19. The number of terminal acetylenes is 1. The van der Waals surface area contributed by atoms with Crippen molar-refractivity contribution in [3.05, 3.63) is 65.4 Å². The molecular formula is C23H24N2O2. The molecule has 0 bridgehead atoms. The van der Waals surface area contributed by atoms with E-state index < -0.39 is 0 Å². The lowest BCUT2D eigenvalue weighted by atomic mass is 10.1. The summed E-state index contributed by atoms with van der Waals surface area (Å²) >= 11 is 0. The predicted molar refractivity (Wildman–Crippen MR) is 109 cm³/mol. The molecule has 0 spiro atoms. The van der Waals surface area contributed by atoms with Crippen LogP contribution in [-0.4, -0.2) is 24.0 Å². The number of aromatic amines is 1. The zero-order valence-electron chi connectivity index (χ0n) is 15.5. The number of H-pyrrole nitrogens is 1. The van der Waals surface area contributed by atoms with E-state index in [2.05, 4.69) is 35.3 Å². The topological polar surface area (TPSA) is 54.1 Å². The zero-order chi connectivity index (χ0) is 19.1. The van der Waals surface area contributed by atoms with Gasteiger partial charge in [0.25, 0.3) is 0 Å². The van der Waals surface area contributed by atoms with Gasteiger partial charge in [0.05, 0.1) is 6.42 Å². The Bertz CT molecular complexity index is 949. The molecule has 0 aliphatic heterocycles. The summed E-state index contributed by atoms with van der Waals surface area (Å²) in [7, 11) is 0. The first-order chi connectivity index (χ1) is 13.2. The van der Waals surface area contributed by atoms with Crippen molar-refractivity contribution in [3.8, 4) is 18.1 Å². The number of carbonyl (C=O) groups is 1. The van der Waals surface area contributed by atoms with Crippen LogP contribution in [-0.2, 0) is 24.1 Å². The maximum atomic E-state index is 12.3. The summed E-state index contributed by atoms with van der Waals surface area (Å²) in [5.41, 5.74) is 4.58. The highest BCUT2D eigenvalue weighted by Crippen LogP contribution is 2.22. The number of aromatic nitrogens is 1. The summed E-state index contributed by atoms with van der Waals surface area (Å²) in [4.78, 5) is 15.6. The number of para-hydroxylation sites is 1. The van der Waals surface area contributed by atoms with Gasteiger partial charge in [-0.2, -0.15) is 0 Å². The molecule has 0 fully saturated rings. The highest BCUT2D eigenvalue weighted by atomic mass is 16.5. The molecule has 3 aromatic rings. The van der Waals surface area contributed by atoms with Gasteiger partial charge in [-0.25, -0.2) is 0 Å². The first kappa shape index (κ1) is 18.6. The molecule has 0 aliphatic carbocycles. The quantitative estimate of drug-likeness (QED) is 0.603. The van der Waals surface area contributed by atoms with Gasteiger partial charge in [0.15, 0.2) is 0 Å². The van der Waals surface area contributed by atoms with Gasteiger partial charge in [-0.3, -0.25) is 4.79 Å². The molecule has 27 heavy (non-hydrogen) atoms. The average molecular weight is 360 g/mol. The number of fused-ring (bicyclic) bond motifs is 1. The second-order valence-electron chi connectivity index (χ2n) is 6.42. The van der Waals surface area contributed by atoms with E-state index >= 15 is 0 Å². The van der Waals surface area contributed by atoms with Crippen LogP contribution in [0.1, 0.15) is 23.6 Å². The smallest absolute Gasteiger partial charge is 0.224 e. The van der Waals surface area contributed by atoms with Crippen LogP contribution in [0.4, 0.5) is 0 Å². The van der Waals surface area contributed by atoms with Crippen LogP contribution >= 0.6 is 0 Å². The van der Waals surface area contributed by atoms with E-state index in [-0.39, 0.29) is 12.5 Å². The SMILES string of the molecule is C#CCOc1ccc(CCNC(=O)Cc2c[nH]c3c(CC)cccc23)cc1. The Morgan fingerprint density at radius 3 is 2.74 bits per heavy atom. The molecule has 2 N–H and O–H groups in total. The van der Waals surface area contributed by atoms with Gasteiger partial charge < -0.3 is 15.0 Å². The summed E-state index contributed by atoms with van der Waals surface area (Å²) in [5.74, 6) is 3.23. The molecule has 3 rings (SSSR count). The van der Waals surface area contributed by atoms with Crippen LogP contribution in [0.2, 0.25) is 0 Å². The number of carbonyl (C=O) groups excluding carboxylic acids is 1. The van der Waals surface area contributed by atoms with E-state index in [0.717, 1.165) is 40.6 Å². The van der Waals surface area contributed by atoms with Crippen LogP contribution in [0.3, 0.4) is 0 Å². The van der Waals surface area contributed by atoms with Crippen molar-refractivity contribution >= 4 is 16.8 Å². The molecule has 0 atom stereocenters. The van der Waals surface area contributed by atoms with Gasteiger partial charge in [0.1, 0.15) is 12.4 Å². The van der Waals surface area contributed by atoms with Gasteiger partial charge in [-0.05, 0) is 41.7 Å². The Balaban J connectivity index is 1.51. The number of benzene rings is 2. The minimum atomic E-state index is 0.0341. The second-order valence-corrected chi connectivity index (χ2v) is 6.42. The Labute approximate surface area is 159 Å². The van der Waals surface area contributed by atoms with Crippen LogP contribution in [0.15, 0.2) is 48.7 Å². The third kappa shape index (κ3) is 4.71. The van der Waals surface area contributed by atoms with Crippen molar-refractivity contribution < 1.29 is 9.53 Å². The van der Waals surface area contributed by atoms with E-state index in [4.69, 9.17) is 11.2 Å². The summed E-state index contributed by atoms with van der Waals surface area (Å²) in [6.07, 6.45) is 9.24. The van der Waals surface area contributed by atoms with Crippen LogP contribution < -0.4 is 10.1 Å². The third-order valence-corrected chi connectivity index (χ3v) is 4.60. The van der Waals surface area contributed by atoms with E-state index in [1.165, 1.54) is 5.56 Å². The molecule has 138 valence electrons. The summed E-state index contributed by atoms with van der Waals surface area (Å²) in [6.45, 7) is 3.00. The van der Waals surface area contributed by atoms with E-state index in [1.807, 2.05) is 36.5 Å². The number of ether oxygens (including phenoxy) is 1. The van der Waals surface area contributed by atoms with Gasteiger partial charge >= 0.3 is 0 Å². The van der Waals surface area contributed by atoms with E-state index in [1.54, 1.807) is 0 Å². The number of hydrogen-bond donors (Lipinski definition) is 2. The Kier molecular flexibility index (Phi) is 6.17. The second kappa shape index (κ2) is 8.95. The molecule has 1 aromatic heterocycles. The number of rotatable bonds is 8. The number of amides is 1. The predicted octanol–water partition coefficient (Wildman–Crippen LogP) is 3.64. The fraction of sp³-hybridized carbons (Fsp3) is 0.261. The van der Waals surface area contributed by atoms with Gasteiger partial charge in [-0.15, -0.1) is 6.42 Å². The molecule has 4 nitrogen and oxygen atoms in total. The molecule has 0 saturated carbocycles. The monoisotopic (exact) mass is 360 g/mol. The minimum absolute atomic E-state index is 0.0341. The third-order valence-electron chi connectivity index (χ3n) is 4.60. The molecule has 0 radical (unpaired) electrons. The lowest BCUT2D eigenvalue weighted by molar-refractivity contribution is -0.120. The standard InChI is InChI=1S/C23H24N2O2/c1-3-14-27-20-10-8-17(9-11-20)12-13-24-22(26)15-19-16-25-23-18(4-2)6-5-7-21(19)23/h1,5-11,16,25H,4,12-15H2,2H3,(H,24,26). The molecule has 0 aliphatic rings. The van der Waals surface area contributed by atoms with Crippen LogP contribution in [0, 0.1) is 12.3 Å². The van der Waals surface area contributed by atoms with Crippen LogP contribution in [0.25, 0.3) is 10.9 Å². The zero-order valence-corrected chi connectivity index (χ0v) is 15.5. The Morgan fingerprint density at radius 2 is 2.00 bits per heavy atom. The average Bonchev–Trinajstić information content (AvgIpc) is 3.10. The number of nitrogens with one attached hydrogen (secondary N) is 2. The van der Waals surface area contributed by atoms with E-state index in [0.29, 0.717) is 13.0 Å². The Morgan fingerprint density at radius 1 is 1.19 bits per heavy atom. The van der Waals surface area contributed by atoms with Gasteiger partial charge in [-0.1, -0.05) is 43.2 Å². The van der Waals surface area contributed by atoms with Crippen molar-refractivity contribution in [1.82, 2.24) is 10.3 Å². The molecule has 2 aromatic carbocycles. The molecule has 4 heteroatoms. The summed E-state index contributed by atoms with van der Waals surface area (Å²) < 4.78 is 5.35. The van der Waals surface area contributed by atoms with E-state index in [9.17, 15) is 4.79 Å². The molecule has 1 amide bonds. The lowest BCUT2D eigenvalue weighted by Gasteiger charge is -2.07. The fourth-order valence-electron chi connectivity index (χ4n) is 3.18. The van der Waals surface area contributed by atoms with Crippen molar-refractivity contribution in [2.75, 3.05) is 13.2 Å². The normalized spacial score (nSPS) is 10.5. The molecule has 0 unspecified atom stereocenters. The van der Waals surface area contributed by atoms with Crippen molar-refractivity contribution in [3.63, 3.8) is 0 Å². The lowest BCUT2D eigenvalue weighted by Crippen LogP contribution is -2.27. The maximum absolute atomic E-state index is 12.3. The van der Waals surface area contributed by atoms with Crippen LogP contribution in [0.5, 0.6) is 5.75 Å². The molecular weight excluding hydrogens is 336 g/mol. The summed E-state index contributed by atoms with van der Waals surface area (Å²) in [5, 5.41) is 4.13. The van der Waals surface area contributed by atoms with Crippen molar-refractivity contribution in [1.29, 1.82) is 0 Å². The first-order valence-corrected chi connectivity index (χ1v) is 9.21. The minimum Gasteiger partial charge on any atom is -0.481 e. The highest BCUT2D eigenvalue weighted by Gasteiger charge is 2.10. The molecule has 1 heterocycles. The van der Waals surface area contributed by atoms with Crippen molar-refractivity contribution in [2.24, 2.45) is 0 Å². The number of hydrogen-bond acceptors (Lipinski definition) is 2. The van der Waals surface area contributed by atoms with Crippen molar-refractivity contribution in [2.45, 2.75) is 26.2 Å². The number of aryl methyl sites for hydroxylation is 1. The van der Waals surface area contributed by atoms with Gasteiger partial charge in [0.2, 0.25) is 5.91 Å². The molecule has 0 saturated heterocycles.